The van der Waals surface area contributed by atoms with E-state index in [0.717, 1.165) is 16.5 Å². The standard InChI is InChI=1S/C19H16N4O/c20-10-4-12-23(14-15-5-3-11-21-13-15)19(24)18-9-8-16-6-1-2-7-17(16)22-18/h1-3,5-9,11,13H,4,12,14H2. The molecule has 3 rings (SSSR count). The fraction of sp³-hybridized carbons (Fsp3) is 0.158. The van der Waals surface area contributed by atoms with E-state index in [0.29, 0.717) is 18.8 Å². The molecule has 5 nitrogen and oxygen atoms in total. The second-order valence-corrected chi connectivity index (χ2v) is 5.39. The van der Waals surface area contributed by atoms with Crippen LogP contribution in [-0.2, 0) is 6.54 Å². The quantitative estimate of drug-likeness (QED) is 0.725. The first-order valence-electron chi connectivity index (χ1n) is 7.69. The molecular formula is C19H16N4O. The maximum atomic E-state index is 12.8. The zero-order valence-electron chi connectivity index (χ0n) is 13.1. The number of hydrogen-bond donors (Lipinski definition) is 0. The molecule has 0 N–H and O–H groups in total. The lowest BCUT2D eigenvalue weighted by atomic mass is 10.2. The number of benzene rings is 1. The van der Waals surface area contributed by atoms with Crippen molar-refractivity contribution >= 4 is 16.8 Å². The average Bonchev–Trinajstić information content (AvgIpc) is 2.65. The predicted octanol–water partition coefficient (Wildman–Crippen LogP) is 3.19. The summed E-state index contributed by atoms with van der Waals surface area (Å²) in [6.45, 7) is 0.765. The second kappa shape index (κ2) is 7.34. The number of amides is 1. The van der Waals surface area contributed by atoms with Crippen molar-refractivity contribution in [3.63, 3.8) is 0 Å². The summed E-state index contributed by atoms with van der Waals surface area (Å²) in [5, 5.41) is 9.85. The maximum absolute atomic E-state index is 12.8. The molecule has 0 aliphatic rings. The molecule has 0 saturated carbocycles. The van der Waals surface area contributed by atoms with E-state index in [1.54, 1.807) is 23.4 Å². The van der Waals surface area contributed by atoms with Crippen molar-refractivity contribution in [1.82, 2.24) is 14.9 Å². The van der Waals surface area contributed by atoms with E-state index >= 15 is 0 Å². The normalized spacial score (nSPS) is 10.3. The Morgan fingerprint density at radius 1 is 1.12 bits per heavy atom. The highest BCUT2D eigenvalue weighted by atomic mass is 16.2. The first-order chi connectivity index (χ1) is 11.8. The van der Waals surface area contributed by atoms with Gasteiger partial charge in [0.2, 0.25) is 0 Å². The predicted molar refractivity (Wildman–Crippen MR) is 91.0 cm³/mol. The number of fused-ring (bicyclic) bond motifs is 1. The first-order valence-corrected chi connectivity index (χ1v) is 7.69. The number of hydrogen-bond acceptors (Lipinski definition) is 4. The van der Waals surface area contributed by atoms with Crippen molar-refractivity contribution in [3.8, 4) is 6.07 Å². The summed E-state index contributed by atoms with van der Waals surface area (Å²) in [7, 11) is 0. The third-order valence-corrected chi connectivity index (χ3v) is 3.69. The molecule has 2 heterocycles. The smallest absolute Gasteiger partial charge is 0.272 e. The van der Waals surface area contributed by atoms with E-state index in [9.17, 15) is 4.79 Å². The average molecular weight is 316 g/mol. The zero-order valence-corrected chi connectivity index (χ0v) is 13.1. The minimum Gasteiger partial charge on any atom is -0.332 e. The lowest BCUT2D eigenvalue weighted by molar-refractivity contribution is 0.0741. The van der Waals surface area contributed by atoms with E-state index in [-0.39, 0.29) is 12.3 Å². The van der Waals surface area contributed by atoms with E-state index < -0.39 is 0 Å². The van der Waals surface area contributed by atoms with Crippen molar-refractivity contribution in [2.75, 3.05) is 6.54 Å². The third-order valence-electron chi connectivity index (χ3n) is 3.69. The van der Waals surface area contributed by atoms with Gasteiger partial charge in [-0.2, -0.15) is 5.26 Å². The van der Waals surface area contributed by atoms with Gasteiger partial charge in [-0.25, -0.2) is 4.98 Å². The van der Waals surface area contributed by atoms with Crippen LogP contribution in [0.4, 0.5) is 0 Å². The van der Waals surface area contributed by atoms with E-state index in [2.05, 4.69) is 16.0 Å². The third kappa shape index (κ3) is 3.55. The van der Waals surface area contributed by atoms with Crippen molar-refractivity contribution in [3.05, 3.63) is 72.2 Å². The number of nitrogens with zero attached hydrogens (tertiary/aromatic N) is 4. The Hall–Kier alpha value is -3.26. The summed E-state index contributed by atoms with van der Waals surface area (Å²) in [4.78, 5) is 23.0. The molecule has 3 aromatic rings. The SMILES string of the molecule is N#CCCN(Cc1cccnc1)C(=O)c1ccc2ccccc2n1. The van der Waals surface area contributed by atoms with Crippen molar-refractivity contribution in [2.24, 2.45) is 0 Å². The molecule has 118 valence electrons. The van der Waals surface area contributed by atoms with Crippen molar-refractivity contribution in [1.29, 1.82) is 5.26 Å². The molecule has 0 saturated heterocycles. The summed E-state index contributed by atoms with van der Waals surface area (Å²) in [6.07, 6.45) is 3.69. The van der Waals surface area contributed by atoms with Gasteiger partial charge in [0.25, 0.3) is 5.91 Å². The Kier molecular flexibility index (Phi) is 4.78. The molecular weight excluding hydrogens is 300 g/mol. The fourth-order valence-electron chi connectivity index (χ4n) is 2.50. The van der Waals surface area contributed by atoms with E-state index in [1.165, 1.54) is 0 Å². The van der Waals surface area contributed by atoms with Crippen LogP contribution in [0, 0.1) is 11.3 Å². The first kappa shape index (κ1) is 15.6. The second-order valence-electron chi connectivity index (χ2n) is 5.39. The van der Waals surface area contributed by atoms with Gasteiger partial charge in [0.15, 0.2) is 0 Å². The minimum atomic E-state index is -0.181. The van der Waals surface area contributed by atoms with Crippen molar-refractivity contribution in [2.45, 2.75) is 13.0 Å². The zero-order chi connectivity index (χ0) is 16.8. The fourth-order valence-corrected chi connectivity index (χ4v) is 2.50. The molecule has 0 bridgehead atoms. The summed E-state index contributed by atoms with van der Waals surface area (Å²) in [6, 6.07) is 17.1. The molecule has 0 radical (unpaired) electrons. The Bertz CT molecular complexity index is 887. The van der Waals surface area contributed by atoms with Crippen LogP contribution in [0.15, 0.2) is 60.9 Å². The molecule has 24 heavy (non-hydrogen) atoms. The van der Waals surface area contributed by atoms with E-state index in [1.807, 2.05) is 42.5 Å². The van der Waals surface area contributed by atoms with Crippen LogP contribution in [0.25, 0.3) is 10.9 Å². The van der Waals surface area contributed by atoms with Gasteiger partial charge in [0.1, 0.15) is 5.69 Å². The van der Waals surface area contributed by atoms with Crippen molar-refractivity contribution < 1.29 is 4.79 Å². The Labute approximate surface area is 140 Å². The Balaban J connectivity index is 1.87. The number of para-hydroxylation sites is 1. The van der Waals surface area contributed by atoms with Gasteiger partial charge in [-0.3, -0.25) is 9.78 Å². The highest BCUT2D eigenvalue weighted by Gasteiger charge is 2.17. The number of nitriles is 1. The van der Waals surface area contributed by atoms with Gasteiger partial charge in [0.05, 0.1) is 18.0 Å². The largest absolute Gasteiger partial charge is 0.332 e. The molecule has 0 aliphatic heterocycles. The van der Waals surface area contributed by atoms with Gasteiger partial charge in [-0.05, 0) is 23.8 Å². The number of pyridine rings is 2. The minimum absolute atomic E-state index is 0.181. The number of rotatable bonds is 5. The summed E-state index contributed by atoms with van der Waals surface area (Å²) in [5.41, 5.74) is 2.09. The lowest BCUT2D eigenvalue weighted by Crippen LogP contribution is -2.32. The highest BCUT2D eigenvalue weighted by Crippen LogP contribution is 2.14. The monoisotopic (exact) mass is 316 g/mol. The van der Waals surface area contributed by atoms with Gasteiger partial charge in [-0.1, -0.05) is 30.3 Å². The molecule has 0 spiro atoms. The maximum Gasteiger partial charge on any atom is 0.272 e. The molecule has 1 amide bonds. The summed E-state index contributed by atoms with van der Waals surface area (Å²) in [5.74, 6) is -0.181. The number of aromatic nitrogens is 2. The summed E-state index contributed by atoms with van der Waals surface area (Å²) >= 11 is 0. The number of carbonyl (C=O) groups is 1. The Morgan fingerprint density at radius 3 is 2.79 bits per heavy atom. The molecule has 5 heteroatoms. The van der Waals surface area contributed by atoms with Crippen LogP contribution in [-0.4, -0.2) is 27.3 Å². The van der Waals surface area contributed by atoms with Gasteiger partial charge >= 0.3 is 0 Å². The number of carbonyl (C=O) groups excluding carboxylic acids is 1. The molecule has 2 aromatic heterocycles. The van der Waals surface area contributed by atoms with Gasteiger partial charge in [-0.15, -0.1) is 0 Å². The van der Waals surface area contributed by atoms with Crippen LogP contribution in [0.1, 0.15) is 22.5 Å². The van der Waals surface area contributed by atoms with E-state index in [4.69, 9.17) is 5.26 Å². The molecule has 1 aromatic carbocycles. The van der Waals surface area contributed by atoms with Crippen LogP contribution in [0.2, 0.25) is 0 Å². The Morgan fingerprint density at radius 2 is 2.00 bits per heavy atom. The molecule has 0 aliphatic carbocycles. The van der Waals surface area contributed by atoms with Crippen LogP contribution >= 0.6 is 0 Å². The highest BCUT2D eigenvalue weighted by molar-refractivity contribution is 5.94. The van der Waals surface area contributed by atoms with Gasteiger partial charge < -0.3 is 4.90 Å². The molecule has 0 unspecified atom stereocenters. The molecule has 0 atom stereocenters. The topological polar surface area (TPSA) is 69.9 Å². The molecule has 0 fully saturated rings. The van der Waals surface area contributed by atoms with Crippen LogP contribution < -0.4 is 0 Å². The summed E-state index contributed by atoms with van der Waals surface area (Å²) < 4.78 is 0. The lowest BCUT2D eigenvalue weighted by Gasteiger charge is -2.21. The van der Waals surface area contributed by atoms with Crippen LogP contribution in [0.5, 0.6) is 0 Å². The van der Waals surface area contributed by atoms with Crippen LogP contribution in [0.3, 0.4) is 0 Å². The van der Waals surface area contributed by atoms with Gasteiger partial charge in [0, 0.05) is 30.9 Å².